The topological polar surface area (TPSA) is 60.8 Å². The SMILES string of the molecule is CC1CC(O)=CC=C1[C@@H]1[C@@H](CC[C@H](O)c2ccc(F)cc2)C(=O)N1c1ccc(F)cc1. The van der Waals surface area contributed by atoms with Gasteiger partial charge in [0.15, 0.2) is 0 Å². The van der Waals surface area contributed by atoms with Crippen molar-refractivity contribution in [2.45, 2.75) is 38.3 Å². The van der Waals surface area contributed by atoms with Gasteiger partial charge in [-0.05, 0) is 72.4 Å². The second-order valence-corrected chi connectivity index (χ2v) is 8.31. The standard InChI is InChI=1S/C25H25F2NO3/c1-15-14-20(29)10-11-21(15)24-22(12-13-23(30)16-2-4-17(26)5-3-16)25(31)28(24)19-8-6-18(27)7-9-19/h2-11,15,22-24,29-30H,12-14H2,1H3/t15?,22-,23+,24-/m1/s1. The molecule has 31 heavy (non-hydrogen) atoms. The molecule has 2 aliphatic rings. The quantitative estimate of drug-likeness (QED) is 0.624. The fourth-order valence-electron chi connectivity index (χ4n) is 4.54. The van der Waals surface area contributed by atoms with Crippen LogP contribution >= 0.6 is 0 Å². The molecule has 2 N–H and O–H groups in total. The number of carbonyl (C=O) groups is 1. The number of hydrogen-bond acceptors (Lipinski definition) is 3. The molecule has 0 saturated carbocycles. The van der Waals surface area contributed by atoms with Crippen molar-refractivity contribution < 1.29 is 23.8 Å². The summed E-state index contributed by atoms with van der Waals surface area (Å²) in [5.41, 5.74) is 2.26. The third-order valence-electron chi connectivity index (χ3n) is 6.22. The Morgan fingerprint density at radius 3 is 2.26 bits per heavy atom. The minimum atomic E-state index is -0.796. The average molecular weight is 425 g/mol. The first-order valence-corrected chi connectivity index (χ1v) is 10.5. The van der Waals surface area contributed by atoms with Gasteiger partial charge in [0.2, 0.25) is 5.91 Å². The number of benzene rings is 2. The molecule has 4 atom stereocenters. The van der Waals surface area contributed by atoms with E-state index < -0.39 is 6.10 Å². The predicted octanol–water partition coefficient (Wildman–Crippen LogP) is 5.22. The van der Waals surface area contributed by atoms with E-state index in [0.717, 1.165) is 5.57 Å². The first-order valence-electron chi connectivity index (χ1n) is 10.5. The lowest BCUT2D eigenvalue weighted by atomic mass is 9.73. The second-order valence-electron chi connectivity index (χ2n) is 8.31. The summed E-state index contributed by atoms with van der Waals surface area (Å²) in [6.45, 7) is 2.01. The second kappa shape index (κ2) is 8.63. The van der Waals surface area contributed by atoms with Crippen LogP contribution < -0.4 is 4.90 Å². The maximum absolute atomic E-state index is 13.4. The van der Waals surface area contributed by atoms with E-state index >= 15 is 0 Å². The highest BCUT2D eigenvalue weighted by atomic mass is 19.1. The minimum Gasteiger partial charge on any atom is -0.512 e. The molecule has 0 bridgehead atoms. The monoisotopic (exact) mass is 425 g/mol. The van der Waals surface area contributed by atoms with Crippen LogP contribution in [0.4, 0.5) is 14.5 Å². The molecule has 2 aromatic carbocycles. The largest absolute Gasteiger partial charge is 0.512 e. The van der Waals surface area contributed by atoms with E-state index in [1.54, 1.807) is 35.2 Å². The molecule has 1 amide bonds. The van der Waals surface area contributed by atoms with Crippen molar-refractivity contribution in [3.63, 3.8) is 0 Å². The van der Waals surface area contributed by atoms with Crippen molar-refractivity contribution in [1.82, 2.24) is 0 Å². The fourth-order valence-corrected chi connectivity index (χ4v) is 4.54. The summed E-state index contributed by atoms with van der Waals surface area (Å²) in [6, 6.07) is 11.3. The number of β-lactam (4-membered cyclic amide) rings is 1. The van der Waals surface area contributed by atoms with E-state index in [0.29, 0.717) is 36.3 Å². The molecule has 1 saturated heterocycles. The highest BCUT2D eigenvalue weighted by Crippen LogP contribution is 2.44. The third kappa shape index (κ3) is 4.26. The van der Waals surface area contributed by atoms with Crippen molar-refractivity contribution >= 4 is 11.6 Å². The van der Waals surface area contributed by atoms with E-state index in [1.165, 1.54) is 24.3 Å². The highest BCUT2D eigenvalue weighted by molar-refractivity contribution is 6.04. The van der Waals surface area contributed by atoms with Gasteiger partial charge in [-0.3, -0.25) is 4.79 Å². The van der Waals surface area contributed by atoms with Crippen LogP contribution in [0.5, 0.6) is 0 Å². The summed E-state index contributed by atoms with van der Waals surface area (Å²) in [5, 5.41) is 20.4. The first-order chi connectivity index (χ1) is 14.8. The molecule has 6 heteroatoms. The number of nitrogens with zero attached hydrogens (tertiary/aromatic N) is 1. The number of allylic oxidation sites excluding steroid dienone is 3. The molecule has 1 heterocycles. The van der Waals surface area contributed by atoms with Gasteiger partial charge in [-0.25, -0.2) is 8.78 Å². The molecule has 4 nitrogen and oxygen atoms in total. The van der Waals surface area contributed by atoms with Gasteiger partial charge in [0.05, 0.1) is 23.8 Å². The van der Waals surface area contributed by atoms with E-state index in [9.17, 15) is 23.8 Å². The molecule has 2 aromatic rings. The Kier molecular flexibility index (Phi) is 5.92. The maximum Gasteiger partial charge on any atom is 0.233 e. The fraction of sp³-hybridized carbons (Fsp3) is 0.320. The molecule has 0 spiro atoms. The summed E-state index contributed by atoms with van der Waals surface area (Å²) in [7, 11) is 0. The van der Waals surface area contributed by atoms with Gasteiger partial charge in [-0.2, -0.15) is 0 Å². The highest BCUT2D eigenvalue weighted by Gasteiger charge is 2.50. The van der Waals surface area contributed by atoms with Crippen LogP contribution in [-0.2, 0) is 4.79 Å². The van der Waals surface area contributed by atoms with Gasteiger partial charge in [-0.1, -0.05) is 25.1 Å². The van der Waals surface area contributed by atoms with Crippen molar-refractivity contribution in [2.75, 3.05) is 4.90 Å². The van der Waals surface area contributed by atoms with E-state index in [2.05, 4.69) is 0 Å². The number of amides is 1. The number of hydrogen-bond donors (Lipinski definition) is 2. The smallest absolute Gasteiger partial charge is 0.233 e. The lowest BCUT2D eigenvalue weighted by Gasteiger charge is -2.50. The third-order valence-corrected chi connectivity index (χ3v) is 6.22. The van der Waals surface area contributed by atoms with E-state index in [1.807, 2.05) is 13.0 Å². The zero-order chi connectivity index (χ0) is 22.1. The normalized spacial score (nSPS) is 24.3. The summed E-state index contributed by atoms with van der Waals surface area (Å²) in [5.74, 6) is -0.786. The van der Waals surface area contributed by atoms with Crippen LogP contribution in [0.25, 0.3) is 0 Å². The van der Waals surface area contributed by atoms with Gasteiger partial charge >= 0.3 is 0 Å². The van der Waals surface area contributed by atoms with Gasteiger partial charge < -0.3 is 15.1 Å². The number of halogens is 2. The van der Waals surface area contributed by atoms with Crippen LogP contribution in [-0.4, -0.2) is 22.2 Å². The first kappa shape index (κ1) is 21.2. The maximum atomic E-state index is 13.4. The van der Waals surface area contributed by atoms with Gasteiger partial charge in [0, 0.05) is 12.1 Å². The van der Waals surface area contributed by atoms with Crippen molar-refractivity contribution in [1.29, 1.82) is 0 Å². The summed E-state index contributed by atoms with van der Waals surface area (Å²) >= 11 is 0. The van der Waals surface area contributed by atoms with Crippen LogP contribution in [0.15, 0.2) is 72.0 Å². The number of rotatable bonds is 6. The summed E-state index contributed by atoms with van der Waals surface area (Å²) < 4.78 is 26.5. The molecular formula is C25H25F2NO3. The molecule has 4 rings (SSSR count). The van der Waals surface area contributed by atoms with Gasteiger partial charge in [0.25, 0.3) is 0 Å². The molecule has 162 valence electrons. The van der Waals surface area contributed by atoms with E-state index in [-0.39, 0.29) is 35.4 Å². The Balaban J connectivity index is 1.56. The summed E-state index contributed by atoms with van der Waals surface area (Å²) in [4.78, 5) is 14.7. The van der Waals surface area contributed by atoms with Crippen molar-refractivity contribution in [3.05, 3.63) is 89.2 Å². The Morgan fingerprint density at radius 2 is 1.65 bits per heavy atom. The Hall–Kier alpha value is -2.99. The van der Waals surface area contributed by atoms with Gasteiger partial charge in [-0.15, -0.1) is 0 Å². The summed E-state index contributed by atoms with van der Waals surface area (Å²) in [6.07, 6.45) is 4.04. The number of aliphatic hydroxyl groups is 2. The Labute approximate surface area is 180 Å². The molecular weight excluding hydrogens is 400 g/mol. The number of aliphatic hydroxyl groups excluding tert-OH is 2. The zero-order valence-electron chi connectivity index (χ0n) is 17.2. The van der Waals surface area contributed by atoms with Gasteiger partial charge in [0.1, 0.15) is 11.6 Å². The molecule has 0 radical (unpaired) electrons. The molecule has 1 aliphatic heterocycles. The van der Waals surface area contributed by atoms with Crippen LogP contribution in [0.1, 0.15) is 37.9 Å². The minimum absolute atomic E-state index is 0.0515. The van der Waals surface area contributed by atoms with Crippen LogP contribution in [0.3, 0.4) is 0 Å². The molecule has 1 fully saturated rings. The van der Waals surface area contributed by atoms with Crippen LogP contribution in [0.2, 0.25) is 0 Å². The lowest BCUT2D eigenvalue weighted by molar-refractivity contribution is -0.130. The van der Waals surface area contributed by atoms with Crippen molar-refractivity contribution in [2.24, 2.45) is 11.8 Å². The van der Waals surface area contributed by atoms with E-state index in [4.69, 9.17) is 0 Å². The van der Waals surface area contributed by atoms with Crippen molar-refractivity contribution in [3.8, 4) is 0 Å². The molecule has 1 unspecified atom stereocenters. The zero-order valence-corrected chi connectivity index (χ0v) is 17.2. The molecule has 1 aliphatic carbocycles. The Morgan fingerprint density at radius 1 is 1.03 bits per heavy atom. The molecule has 0 aromatic heterocycles. The lowest BCUT2D eigenvalue weighted by Crippen LogP contribution is -2.62. The number of carbonyl (C=O) groups excluding carboxylic acids is 1. The number of anilines is 1. The average Bonchev–Trinajstić information content (AvgIpc) is 2.74. The Bertz CT molecular complexity index is 1010. The predicted molar refractivity (Wildman–Crippen MR) is 114 cm³/mol. The van der Waals surface area contributed by atoms with Crippen LogP contribution in [0, 0.1) is 23.5 Å².